The fourth-order valence-corrected chi connectivity index (χ4v) is 5.47. The van der Waals surface area contributed by atoms with Gasteiger partial charge in [-0.1, -0.05) is 36.4 Å². The maximum Gasteiger partial charge on any atom is 0.227 e. The second-order valence-corrected chi connectivity index (χ2v) is 9.55. The van der Waals surface area contributed by atoms with Crippen molar-refractivity contribution < 1.29 is 7.54 Å². The summed E-state index contributed by atoms with van der Waals surface area (Å²) in [6.45, 7) is 2.86. The molecule has 0 aliphatic carbocycles. The molecule has 1 fully saturated rings. The van der Waals surface area contributed by atoms with Crippen LogP contribution in [0.15, 0.2) is 65.8 Å². The molecule has 5 heteroatoms. The summed E-state index contributed by atoms with van der Waals surface area (Å²) in [4.78, 5) is 26.3. The van der Waals surface area contributed by atoms with Crippen molar-refractivity contribution in [1.29, 1.82) is 0 Å². The first kappa shape index (κ1) is 19.0. The summed E-state index contributed by atoms with van der Waals surface area (Å²) in [6, 6.07) is 17.8. The number of fused-ring (bicyclic) bond motifs is 2. The van der Waals surface area contributed by atoms with E-state index in [9.17, 15) is 4.79 Å². The van der Waals surface area contributed by atoms with E-state index >= 15 is 0 Å². The molecule has 34 heavy (non-hydrogen) atoms. The highest BCUT2D eigenvalue weighted by molar-refractivity contribution is 6.15. The third-order valence-electron chi connectivity index (χ3n) is 7.16. The molecule has 3 aliphatic rings. The number of hydrogen-bond acceptors (Lipinski definition) is 4. The number of carbonyl (C=O) groups excluding carboxylic acids is 1. The van der Waals surface area contributed by atoms with Crippen LogP contribution in [0.2, 0.25) is 0 Å². The smallest absolute Gasteiger partial charge is 0.227 e. The van der Waals surface area contributed by atoms with E-state index in [1.54, 1.807) is 0 Å². The van der Waals surface area contributed by atoms with Crippen molar-refractivity contribution in [2.45, 2.75) is 51.8 Å². The number of likely N-dealkylation sites (tertiary alicyclic amines) is 1. The Hall–Kier alpha value is -3.31. The average Bonchev–Trinajstić information content (AvgIpc) is 3.30. The SMILES string of the molecule is [2H]C([2H])(c1ccccc1)N1CCC[C@@H](N2Cc3cc4c(cc3CC2=O)CN=C4c2ccnc(C)c2)C1. The van der Waals surface area contributed by atoms with E-state index in [4.69, 9.17) is 7.73 Å². The van der Waals surface area contributed by atoms with Crippen LogP contribution in [0.4, 0.5) is 0 Å². The molecule has 1 amide bonds. The molecule has 1 saturated heterocycles. The highest BCUT2D eigenvalue weighted by atomic mass is 16.2. The number of amides is 1. The van der Waals surface area contributed by atoms with Gasteiger partial charge in [0.25, 0.3) is 0 Å². The summed E-state index contributed by atoms with van der Waals surface area (Å²) in [5.74, 6) is 0.137. The molecule has 0 bridgehead atoms. The predicted octanol–water partition coefficient (Wildman–Crippen LogP) is 4.29. The Morgan fingerprint density at radius 3 is 2.82 bits per heavy atom. The van der Waals surface area contributed by atoms with E-state index in [1.807, 2.05) is 59.3 Å². The number of aryl methyl sites for hydroxylation is 1. The Kier molecular flexibility index (Phi) is 4.93. The maximum atomic E-state index is 13.3. The third kappa shape index (κ3) is 4.05. The number of aliphatic imine (C=N–C) groups is 1. The number of piperidine rings is 1. The Labute approximate surface area is 204 Å². The Balaban J connectivity index is 1.25. The van der Waals surface area contributed by atoms with Crippen LogP contribution < -0.4 is 0 Å². The zero-order valence-corrected chi connectivity index (χ0v) is 19.5. The Morgan fingerprint density at radius 1 is 1.09 bits per heavy atom. The number of pyridine rings is 1. The fourth-order valence-electron chi connectivity index (χ4n) is 5.47. The molecular weight excluding hydrogens is 420 g/mol. The highest BCUT2D eigenvalue weighted by Crippen LogP contribution is 2.32. The van der Waals surface area contributed by atoms with E-state index in [0.717, 1.165) is 40.9 Å². The molecule has 3 aliphatic heterocycles. The quantitative estimate of drug-likeness (QED) is 0.593. The lowest BCUT2D eigenvalue weighted by molar-refractivity contribution is -0.135. The number of carbonyl (C=O) groups is 1. The summed E-state index contributed by atoms with van der Waals surface area (Å²) in [5, 5.41) is 0. The molecule has 0 unspecified atom stereocenters. The molecule has 3 aromatic rings. The molecular formula is C29H30N4O. The minimum absolute atomic E-state index is 0.00225. The summed E-state index contributed by atoms with van der Waals surface area (Å²) < 4.78 is 17.6. The van der Waals surface area contributed by atoms with Gasteiger partial charge < -0.3 is 4.90 Å². The number of benzene rings is 2. The lowest BCUT2D eigenvalue weighted by atomic mass is 9.90. The van der Waals surface area contributed by atoms with Crippen molar-refractivity contribution in [3.63, 3.8) is 0 Å². The topological polar surface area (TPSA) is 48.8 Å². The van der Waals surface area contributed by atoms with Gasteiger partial charge in [-0.15, -0.1) is 0 Å². The molecule has 1 atom stereocenters. The monoisotopic (exact) mass is 452 g/mol. The van der Waals surface area contributed by atoms with Crippen LogP contribution in [0.1, 0.15) is 54.7 Å². The normalized spacial score (nSPS) is 21.4. The van der Waals surface area contributed by atoms with Crippen LogP contribution in [-0.2, 0) is 30.8 Å². The van der Waals surface area contributed by atoms with Crippen molar-refractivity contribution in [3.8, 4) is 0 Å². The van der Waals surface area contributed by atoms with Crippen LogP contribution in [-0.4, -0.2) is 45.5 Å². The van der Waals surface area contributed by atoms with Crippen molar-refractivity contribution in [2.24, 2.45) is 4.99 Å². The standard InChI is InChI=1S/C29H30N4O/c1-20-12-22(9-10-30-20)29-27-14-25-18-33(28(34)15-23(25)13-24(27)16-31-29)26-8-5-11-32(19-26)17-21-6-3-2-4-7-21/h2-4,6-7,9-10,12-14,26H,5,8,11,15-19H2,1H3/t26-/m1/s1/i17D2. The number of hydrogen-bond donors (Lipinski definition) is 0. The van der Waals surface area contributed by atoms with Gasteiger partial charge in [0.2, 0.25) is 5.91 Å². The predicted molar refractivity (Wildman–Crippen MR) is 134 cm³/mol. The molecule has 6 rings (SSSR count). The van der Waals surface area contributed by atoms with E-state index < -0.39 is 6.50 Å². The van der Waals surface area contributed by atoms with Gasteiger partial charge in [-0.05, 0) is 66.8 Å². The van der Waals surface area contributed by atoms with Gasteiger partial charge in [-0.25, -0.2) is 0 Å². The highest BCUT2D eigenvalue weighted by Gasteiger charge is 2.33. The van der Waals surface area contributed by atoms with E-state index in [2.05, 4.69) is 23.2 Å². The minimum atomic E-state index is -1.56. The summed E-state index contributed by atoms with van der Waals surface area (Å²) in [5.41, 5.74) is 8.32. The molecule has 0 spiro atoms. The van der Waals surface area contributed by atoms with Gasteiger partial charge in [-0.2, -0.15) is 0 Å². The van der Waals surface area contributed by atoms with Gasteiger partial charge in [-0.3, -0.25) is 19.7 Å². The lowest BCUT2D eigenvalue weighted by Gasteiger charge is -2.41. The number of aromatic nitrogens is 1. The second-order valence-electron chi connectivity index (χ2n) is 9.55. The molecule has 1 aromatic heterocycles. The second kappa shape index (κ2) is 8.80. The molecule has 0 radical (unpaired) electrons. The third-order valence-corrected chi connectivity index (χ3v) is 7.16. The van der Waals surface area contributed by atoms with Crippen LogP contribution in [0, 0.1) is 6.92 Å². The number of nitrogens with zero attached hydrogens (tertiary/aromatic N) is 4. The average molecular weight is 453 g/mol. The maximum absolute atomic E-state index is 13.3. The van der Waals surface area contributed by atoms with Crippen molar-refractivity contribution in [2.75, 3.05) is 13.1 Å². The van der Waals surface area contributed by atoms with E-state index in [0.29, 0.717) is 38.2 Å². The first-order valence-corrected chi connectivity index (χ1v) is 12.1. The van der Waals surface area contributed by atoms with E-state index in [-0.39, 0.29) is 11.9 Å². The Morgan fingerprint density at radius 2 is 1.97 bits per heavy atom. The van der Waals surface area contributed by atoms with Crippen LogP contribution in [0.25, 0.3) is 0 Å². The van der Waals surface area contributed by atoms with Gasteiger partial charge in [0.15, 0.2) is 0 Å². The first-order valence-electron chi connectivity index (χ1n) is 13.1. The first-order chi connectivity index (χ1) is 17.4. The van der Waals surface area contributed by atoms with Crippen LogP contribution in [0.3, 0.4) is 0 Å². The molecule has 2 aromatic carbocycles. The van der Waals surface area contributed by atoms with Gasteiger partial charge in [0.1, 0.15) is 0 Å². The van der Waals surface area contributed by atoms with E-state index in [1.165, 1.54) is 11.1 Å². The molecule has 4 heterocycles. The zero-order chi connectivity index (χ0) is 24.9. The molecule has 0 saturated carbocycles. The summed E-state index contributed by atoms with van der Waals surface area (Å²) in [7, 11) is 0. The Bertz CT molecular complexity index is 1350. The van der Waals surface area contributed by atoms with Gasteiger partial charge >= 0.3 is 0 Å². The van der Waals surface area contributed by atoms with Crippen molar-refractivity contribution in [1.82, 2.24) is 14.8 Å². The summed E-state index contributed by atoms with van der Waals surface area (Å²) in [6.07, 6.45) is 3.99. The largest absolute Gasteiger partial charge is 0.334 e. The number of rotatable bonds is 4. The van der Waals surface area contributed by atoms with Crippen LogP contribution in [0.5, 0.6) is 0 Å². The minimum Gasteiger partial charge on any atom is -0.334 e. The van der Waals surface area contributed by atoms with Crippen LogP contribution >= 0.6 is 0 Å². The summed E-state index contributed by atoms with van der Waals surface area (Å²) >= 11 is 0. The lowest BCUT2D eigenvalue weighted by Crippen LogP contribution is -2.51. The van der Waals surface area contributed by atoms with Crippen molar-refractivity contribution in [3.05, 3.63) is 99.9 Å². The van der Waals surface area contributed by atoms with Crippen molar-refractivity contribution >= 4 is 11.6 Å². The molecule has 0 N–H and O–H groups in total. The van der Waals surface area contributed by atoms with Gasteiger partial charge in [0.05, 0.1) is 18.7 Å². The van der Waals surface area contributed by atoms with Gasteiger partial charge in [0, 0.05) is 51.4 Å². The molecule has 5 nitrogen and oxygen atoms in total. The fraction of sp³-hybridized carbons (Fsp3) is 0.345. The zero-order valence-electron chi connectivity index (χ0n) is 21.5. The molecule has 172 valence electrons.